The molecular formula is C23H41Ta. The van der Waals surface area contributed by atoms with Gasteiger partial charge in [0.1, 0.15) is 0 Å². The molecule has 0 radical (unpaired) electrons. The predicted octanol–water partition coefficient (Wildman–Crippen LogP) is 7.69. The van der Waals surface area contributed by atoms with Crippen molar-refractivity contribution in [3.63, 3.8) is 0 Å². The zero-order valence-corrected chi connectivity index (χ0v) is 21.2. The number of benzene rings is 1. The molecule has 138 valence electrons. The Morgan fingerprint density at radius 3 is 1.29 bits per heavy atom. The topological polar surface area (TPSA) is 0 Å². The molecule has 0 saturated carbocycles. The van der Waals surface area contributed by atoms with Crippen LogP contribution in [0, 0.1) is 23.2 Å². The molecule has 0 atom stereocenters. The van der Waals surface area contributed by atoms with Gasteiger partial charge in [-0.2, -0.15) is 0 Å². The summed E-state index contributed by atoms with van der Waals surface area (Å²) in [5.74, 6) is 0. The van der Waals surface area contributed by atoms with Gasteiger partial charge in [0, 0.05) is 0 Å². The molecule has 0 aromatic heterocycles. The van der Waals surface area contributed by atoms with Gasteiger partial charge in [0.05, 0.1) is 0 Å². The zero-order chi connectivity index (χ0) is 18.8. The summed E-state index contributed by atoms with van der Waals surface area (Å²) in [6.07, 6.45) is 0. The molecular weight excluding hydrogens is 457 g/mol. The van der Waals surface area contributed by atoms with E-state index in [1.165, 1.54) is 25.0 Å². The Kier molecular flexibility index (Phi) is 6.93. The van der Waals surface area contributed by atoms with Gasteiger partial charge in [0.15, 0.2) is 0 Å². The molecule has 0 N–H and O–H groups in total. The van der Waals surface area contributed by atoms with Crippen LogP contribution in [0.25, 0.3) is 0 Å². The molecule has 0 heterocycles. The Morgan fingerprint density at radius 2 is 1.00 bits per heavy atom. The van der Waals surface area contributed by atoms with Crippen LogP contribution in [-0.4, -0.2) is 4.23 Å². The summed E-state index contributed by atoms with van der Waals surface area (Å²) in [5, 5.41) is 0. The molecule has 0 amide bonds. The van der Waals surface area contributed by atoms with Crippen LogP contribution in [0.4, 0.5) is 0 Å². The number of rotatable bonds is 4. The first-order chi connectivity index (χ1) is 10.6. The van der Waals surface area contributed by atoms with E-state index in [4.69, 9.17) is 0 Å². The van der Waals surface area contributed by atoms with E-state index < -0.39 is 16.7 Å². The fourth-order valence-electron chi connectivity index (χ4n) is 4.11. The van der Waals surface area contributed by atoms with Crippen LogP contribution in [0.1, 0.15) is 73.4 Å². The Labute approximate surface area is 155 Å². The van der Waals surface area contributed by atoms with E-state index in [0.29, 0.717) is 16.2 Å². The Bertz CT molecular complexity index is 521. The molecule has 0 fully saturated rings. The van der Waals surface area contributed by atoms with Crippen molar-refractivity contribution in [2.45, 2.75) is 83.2 Å². The van der Waals surface area contributed by atoms with Crippen LogP contribution in [0.15, 0.2) is 24.3 Å². The van der Waals surface area contributed by atoms with Crippen molar-refractivity contribution in [2.75, 3.05) is 0 Å². The van der Waals surface area contributed by atoms with Crippen molar-refractivity contribution in [3.05, 3.63) is 35.4 Å². The Balaban J connectivity index is 3.51. The summed E-state index contributed by atoms with van der Waals surface area (Å²) in [5.41, 5.74) is 4.07. The predicted molar refractivity (Wildman–Crippen MR) is 109 cm³/mol. The third-order valence-electron chi connectivity index (χ3n) is 3.87. The Hall–Kier alpha value is -0.170. The van der Waals surface area contributed by atoms with Gasteiger partial charge >= 0.3 is 156 Å². The first-order valence-electron chi connectivity index (χ1n) is 9.38. The van der Waals surface area contributed by atoms with Crippen LogP contribution >= 0.6 is 0 Å². The van der Waals surface area contributed by atoms with Crippen molar-refractivity contribution in [2.24, 2.45) is 16.2 Å². The van der Waals surface area contributed by atoms with Crippen molar-refractivity contribution >= 4 is 4.23 Å². The first kappa shape index (κ1) is 21.9. The van der Waals surface area contributed by atoms with Gasteiger partial charge in [-0.3, -0.25) is 0 Å². The van der Waals surface area contributed by atoms with Crippen LogP contribution in [-0.2, 0) is 16.7 Å². The molecule has 0 aliphatic heterocycles. The van der Waals surface area contributed by atoms with E-state index in [0.717, 1.165) is 0 Å². The summed E-state index contributed by atoms with van der Waals surface area (Å²) in [7, 11) is 0. The first-order valence-corrected chi connectivity index (χ1v) is 18.0. The van der Waals surface area contributed by atoms with Crippen LogP contribution in [0.2, 0.25) is 13.9 Å². The molecule has 1 rings (SSSR count). The molecule has 1 aromatic rings. The third-order valence-corrected chi connectivity index (χ3v) is 23.9. The molecule has 0 bridgehead atoms. The quantitative estimate of drug-likeness (QED) is 0.399. The number of hydrogen-bond acceptors (Lipinski definition) is 0. The molecule has 0 spiro atoms. The van der Waals surface area contributed by atoms with Gasteiger partial charge < -0.3 is 0 Å². The van der Waals surface area contributed by atoms with Gasteiger partial charge in [-0.05, 0) is 0 Å². The van der Waals surface area contributed by atoms with E-state index in [2.05, 4.69) is 97.7 Å². The van der Waals surface area contributed by atoms with Crippen molar-refractivity contribution in [1.82, 2.24) is 0 Å². The van der Waals surface area contributed by atoms with Gasteiger partial charge in [-0.25, -0.2) is 0 Å². The summed E-state index contributed by atoms with van der Waals surface area (Å²) in [6, 6.07) is 9.23. The molecule has 0 aliphatic carbocycles. The molecule has 1 heteroatoms. The molecule has 0 saturated heterocycles. The standard InChI is InChI=1S/C8H8.3C5H11.Ta/c1-7-3-5-8(2)6-4-7;3*1-5(2,3)4;/h1,3-6H,2H3;3*1H2,2-4H3;. The fourth-order valence-corrected chi connectivity index (χ4v) is 29.6. The average molecular weight is 499 g/mol. The fraction of sp³-hybridized carbons (Fsp3) is 0.696. The van der Waals surface area contributed by atoms with Gasteiger partial charge in [-0.15, -0.1) is 0 Å². The Morgan fingerprint density at radius 1 is 0.667 bits per heavy atom. The molecule has 1 aromatic carbocycles. The monoisotopic (exact) mass is 498 g/mol. The maximum atomic E-state index is 2.81. The van der Waals surface area contributed by atoms with Gasteiger partial charge in [-0.1, -0.05) is 0 Å². The second kappa shape index (κ2) is 7.60. The minimum atomic E-state index is -2.58. The SMILES string of the molecule is Cc1ccc([CH]=[Ta]([CH2]C(C)(C)C)([CH2]C(C)(C)C)[CH2]C(C)(C)C)cc1. The summed E-state index contributed by atoms with van der Waals surface area (Å²) >= 11 is -2.58. The summed E-state index contributed by atoms with van der Waals surface area (Å²) in [4.78, 5) is 0. The summed E-state index contributed by atoms with van der Waals surface area (Å²) < 4.78 is 7.13. The molecule has 24 heavy (non-hydrogen) atoms. The van der Waals surface area contributed by atoms with Crippen LogP contribution in [0.5, 0.6) is 0 Å². The number of hydrogen-bond donors (Lipinski definition) is 0. The third kappa shape index (κ3) is 8.79. The number of aryl methyl sites for hydroxylation is 1. The summed E-state index contributed by atoms with van der Waals surface area (Å²) in [6.45, 7) is 24.1. The van der Waals surface area contributed by atoms with E-state index in [1.807, 2.05) is 0 Å². The molecule has 0 aliphatic rings. The normalized spacial score (nSPS) is 13.9. The maximum absolute atomic E-state index is 2.81. The van der Waals surface area contributed by atoms with Crippen LogP contribution < -0.4 is 0 Å². The molecule has 0 unspecified atom stereocenters. The van der Waals surface area contributed by atoms with Crippen molar-refractivity contribution < 1.29 is 16.7 Å². The van der Waals surface area contributed by atoms with E-state index in [-0.39, 0.29) is 0 Å². The van der Waals surface area contributed by atoms with E-state index in [1.54, 1.807) is 0 Å². The van der Waals surface area contributed by atoms with Crippen LogP contribution in [0.3, 0.4) is 0 Å². The second-order valence-corrected chi connectivity index (χ2v) is 24.5. The zero-order valence-electron chi connectivity index (χ0n) is 18.0. The second-order valence-electron chi connectivity index (χ2n) is 11.4. The van der Waals surface area contributed by atoms with Crippen molar-refractivity contribution in [1.29, 1.82) is 0 Å². The van der Waals surface area contributed by atoms with E-state index in [9.17, 15) is 0 Å². The molecule has 0 nitrogen and oxygen atoms in total. The van der Waals surface area contributed by atoms with Crippen molar-refractivity contribution in [3.8, 4) is 0 Å². The van der Waals surface area contributed by atoms with E-state index >= 15 is 0 Å². The van der Waals surface area contributed by atoms with Gasteiger partial charge in [0.25, 0.3) is 0 Å². The average Bonchev–Trinajstić information content (AvgIpc) is 2.24. The van der Waals surface area contributed by atoms with Gasteiger partial charge in [0.2, 0.25) is 0 Å². The minimum absolute atomic E-state index is 0.413.